The monoisotopic (exact) mass is 226 g/mol. The Morgan fingerprint density at radius 2 is 2.27 bits per heavy atom. The van der Waals surface area contributed by atoms with E-state index in [1.807, 2.05) is 31.2 Å². The lowest BCUT2D eigenvalue weighted by molar-refractivity contribution is -0.119. The van der Waals surface area contributed by atoms with E-state index in [1.54, 1.807) is 7.05 Å². The molecule has 4 heteroatoms. The molecule has 0 spiro atoms. The number of rotatable bonds is 4. The Hall–Kier alpha value is -1.06. The number of carbonyl (C=O) groups excluding carboxylic acids is 1. The van der Waals surface area contributed by atoms with E-state index in [0.717, 1.165) is 5.56 Å². The number of benzene rings is 1. The third-order valence-corrected chi connectivity index (χ3v) is 2.43. The Kier molecular flexibility index (Phi) is 4.59. The first-order valence-electron chi connectivity index (χ1n) is 4.83. The Morgan fingerprint density at radius 1 is 1.53 bits per heavy atom. The van der Waals surface area contributed by atoms with Gasteiger partial charge in [0.15, 0.2) is 0 Å². The molecule has 1 amide bonds. The van der Waals surface area contributed by atoms with Gasteiger partial charge in [-0.15, -0.1) is 0 Å². The fraction of sp³-hybridized carbons (Fsp3) is 0.364. The molecule has 15 heavy (non-hydrogen) atoms. The summed E-state index contributed by atoms with van der Waals surface area (Å²) >= 11 is 5.87. The molecule has 0 aliphatic heterocycles. The highest BCUT2D eigenvalue weighted by Crippen LogP contribution is 2.16. The molecule has 0 aromatic heterocycles. The van der Waals surface area contributed by atoms with Crippen LogP contribution in [0.25, 0.3) is 0 Å². The van der Waals surface area contributed by atoms with E-state index in [-0.39, 0.29) is 11.9 Å². The zero-order valence-electron chi connectivity index (χ0n) is 8.88. The van der Waals surface area contributed by atoms with Crippen molar-refractivity contribution in [1.82, 2.24) is 10.6 Å². The van der Waals surface area contributed by atoms with Crippen LogP contribution in [0.4, 0.5) is 0 Å². The van der Waals surface area contributed by atoms with Gasteiger partial charge in [0.25, 0.3) is 0 Å². The highest BCUT2D eigenvalue weighted by atomic mass is 35.5. The van der Waals surface area contributed by atoms with E-state index in [9.17, 15) is 4.79 Å². The van der Waals surface area contributed by atoms with Crippen molar-refractivity contribution in [3.05, 3.63) is 34.9 Å². The summed E-state index contributed by atoms with van der Waals surface area (Å²) in [5.41, 5.74) is 1.08. The van der Waals surface area contributed by atoms with Crippen LogP contribution in [0.2, 0.25) is 5.02 Å². The number of halogens is 1. The molecule has 0 radical (unpaired) electrons. The van der Waals surface area contributed by atoms with E-state index in [1.165, 1.54) is 0 Å². The van der Waals surface area contributed by atoms with Crippen molar-refractivity contribution in [2.75, 3.05) is 13.6 Å². The average molecular weight is 227 g/mol. The maximum Gasteiger partial charge on any atom is 0.233 e. The SMILES string of the molecule is CNC(=O)CNC(C)c1cccc(Cl)c1. The zero-order chi connectivity index (χ0) is 11.3. The van der Waals surface area contributed by atoms with Crippen molar-refractivity contribution in [3.63, 3.8) is 0 Å². The van der Waals surface area contributed by atoms with E-state index in [4.69, 9.17) is 11.6 Å². The predicted molar refractivity (Wildman–Crippen MR) is 61.9 cm³/mol. The first kappa shape index (κ1) is 12.0. The third-order valence-electron chi connectivity index (χ3n) is 2.20. The average Bonchev–Trinajstić information content (AvgIpc) is 2.25. The van der Waals surface area contributed by atoms with E-state index in [0.29, 0.717) is 11.6 Å². The van der Waals surface area contributed by atoms with Gasteiger partial charge in [0.1, 0.15) is 0 Å². The molecule has 0 saturated carbocycles. The third kappa shape index (κ3) is 3.90. The van der Waals surface area contributed by atoms with Gasteiger partial charge in [0.2, 0.25) is 5.91 Å². The highest BCUT2D eigenvalue weighted by molar-refractivity contribution is 6.30. The quantitative estimate of drug-likeness (QED) is 0.821. The van der Waals surface area contributed by atoms with Gasteiger partial charge in [-0.05, 0) is 24.6 Å². The highest BCUT2D eigenvalue weighted by Gasteiger charge is 2.06. The van der Waals surface area contributed by atoms with Crippen LogP contribution in [-0.2, 0) is 4.79 Å². The molecule has 0 aliphatic carbocycles. The van der Waals surface area contributed by atoms with Crippen LogP contribution in [0, 0.1) is 0 Å². The number of amides is 1. The van der Waals surface area contributed by atoms with Gasteiger partial charge in [0, 0.05) is 18.1 Å². The van der Waals surface area contributed by atoms with Crippen molar-refractivity contribution in [2.24, 2.45) is 0 Å². The summed E-state index contributed by atoms with van der Waals surface area (Å²) < 4.78 is 0. The summed E-state index contributed by atoms with van der Waals surface area (Å²) in [6, 6.07) is 7.71. The van der Waals surface area contributed by atoms with E-state index < -0.39 is 0 Å². The fourth-order valence-electron chi connectivity index (χ4n) is 1.23. The Labute approximate surface area is 94.8 Å². The maximum absolute atomic E-state index is 11.0. The zero-order valence-corrected chi connectivity index (χ0v) is 9.64. The van der Waals surface area contributed by atoms with Gasteiger partial charge in [-0.1, -0.05) is 23.7 Å². The molecule has 1 aromatic carbocycles. The fourth-order valence-corrected chi connectivity index (χ4v) is 1.43. The van der Waals surface area contributed by atoms with E-state index in [2.05, 4.69) is 10.6 Å². The normalized spacial score (nSPS) is 12.2. The standard InChI is InChI=1S/C11H15ClN2O/c1-8(14-7-11(15)13-2)9-4-3-5-10(12)6-9/h3-6,8,14H,7H2,1-2H3,(H,13,15). The van der Waals surface area contributed by atoms with Crippen LogP contribution in [0.15, 0.2) is 24.3 Å². The van der Waals surface area contributed by atoms with Crippen LogP contribution < -0.4 is 10.6 Å². The minimum atomic E-state index is -0.0242. The molecule has 0 aliphatic rings. The molecule has 1 atom stereocenters. The van der Waals surface area contributed by atoms with Crippen molar-refractivity contribution in [3.8, 4) is 0 Å². The van der Waals surface area contributed by atoms with Crippen molar-refractivity contribution in [2.45, 2.75) is 13.0 Å². The van der Waals surface area contributed by atoms with Crippen LogP contribution in [0.1, 0.15) is 18.5 Å². The smallest absolute Gasteiger partial charge is 0.233 e. The summed E-state index contributed by atoms with van der Waals surface area (Å²) in [6.07, 6.45) is 0. The Balaban J connectivity index is 2.53. The van der Waals surface area contributed by atoms with Crippen LogP contribution >= 0.6 is 11.6 Å². The molecule has 1 rings (SSSR count). The molecule has 1 unspecified atom stereocenters. The lowest BCUT2D eigenvalue weighted by atomic mass is 10.1. The summed E-state index contributed by atoms with van der Waals surface area (Å²) in [6.45, 7) is 2.30. The minimum Gasteiger partial charge on any atom is -0.358 e. The number of hydrogen-bond donors (Lipinski definition) is 2. The number of nitrogens with one attached hydrogen (secondary N) is 2. The number of carbonyl (C=O) groups is 1. The van der Waals surface area contributed by atoms with Gasteiger partial charge >= 0.3 is 0 Å². The first-order valence-corrected chi connectivity index (χ1v) is 5.20. The second kappa shape index (κ2) is 5.73. The van der Waals surface area contributed by atoms with E-state index >= 15 is 0 Å². The molecular formula is C11H15ClN2O. The molecule has 0 fully saturated rings. The lowest BCUT2D eigenvalue weighted by Gasteiger charge is -2.13. The van der Waals surface area contributed by atoms with Crippen molar-refractivity contribution >= 4 is 17.5 Å². The molecule has 1 aromatic rings. The molecule has 2 N–H and O–H groups in total. The van der Waals surface area contributed by atoms with Crippen LogP contribution in [-0.4, -0.2) is 19.5 Å². The summed E-state index contributed by atoms with van der Waals surface area (Å²) in [5.74, 6) is -0.0242. The minimum absolute atomic E-state index is 0.0242. The van der Waals surface area contributed by atoms with Crippen LogP contribution in [0.5, 0.6) is 0 Å². The molecule has 0 heterocycles. The first-order chi connectivity index (χ1) is 7.13. The molecule has 0 bridgehead atoms. The molecule has 82 valence electrons. The number of likely N-dealkylation sites (N-methyl/N-ethyl adjacent to an activating group) is 1. The van der Waals surface area contributed by atoms with Crippen LogP contribution in [0.3, 0.4) is 0 Å². The molecule has 0 saturated heterocycles. The van der Waals surface area contributed by atoms with Crippen molar-refractivity contribution in [1.29, 1.82) is 0 Å². The summed E-state index contributed by atoms with van der Waals surface area (Å²) in [4.78, 5) is 11.0. The Bertz CT molecular complexity index is 341. The van der Waals surface area contributed by atoms with Crippen molar-refractivity contribution < 1.29 is 4.79 Å². The summed E-state index contributed by atoms with van der Waals surface area (Å²) in [7, 11) is 1.62. The molecule has 3 nitrogen and oxygen atoms in total. The summed E-state index contributed by atoms with van der Waals surface area (Å²) in [5, 5.41) is 6.37. The second-order valence-corrected chi connectivity index (χ2v) is 3.77. The van der Waals surface area contributed by atoms with Gasteiger partial charge in [-0.3, -0.25) is 4.79 Å². The lowest BCUT2D eigenvalue weighted by Crippen LogP contribution is -2.32. The predicted octanol–water partition coefficient (Wildman–Crippen LogP) is 1.74. The number of hydrogen-bond acceptors (Lipinski definition) is 2. The van der Waals surface area contributed by atoms with Gasteiger partial charge in [0.05, 0.1) is 6.54 Å². The largest absolute Gasteiger partial charge is 0.358 e. The van der Waals surface area contributed by atoms with Gasteiger partial charge < -0.3 is 10.6 Å². The Morgan fingerprint density at radius 3 is 2.87 bits per heavy atom. The second-order valence-electron chi connectivity index (χ2n) is 3.33. The van der Waals surface area contributed by atoms with Gasteiger partial charge in [-0.2, -0.15) is 0 Å². The molecular weight excluding hydrogens is 212 g/mol. The maximum atomic E-state index is 11.0. The van der Waals surface area contributed by atoms with Gasteiger partial charge in [-0.25, -0.2) is 0 Å². The topological polar surface area (TPSA) is 41.1 Å².